The fourth-order valence-electron chi connectivity index (χ4n) is 2.09. The molecule has 0 amide bonds. The summed E-state index contributed by atoms with van der Waals surface area (Å²) in [5.74, 6) is 0.459. The zero-order chi connectivity index (χ0) is 12.8. The molecule has 0 N–H and O–H groups in total. The second-order valence-corrected chi connectivity index (χ2v) is 4.40. The van der Waals surface area contributed by atoms with E-state index in [1.54, 1.807) is 6.07 Å². The normalized spacial score (nSPS) is 18.8. The monoisotopic (exact) mass is 250 g/mol. The second kappa shape index (κ2) is 6.44. The lowest BCUT2D eigenvalue weighted by Gasteiger charge is -2.08. The molecule has 98 valence electrons. The van der Waals surface area contributed by atoms with Crippen LogP contribution in [0.2, 0.25) is 0 Å². The van der Waals surface area contributed by atoms with E-state index in [0.29, 0.717) is 24.1 Å². The molecule has 0 radical (unpaired) electrons. The van der Waals surface area contributed by atoms with Crippen molar-refractivity contribution in [3.8, 4) is 5.88 Å². The van der Waals surface area contributed by atoms with E-state index >= 15 is 0 Å². The van der Waals surface area contributed by atoms with Crippen LogP contribution in [-0.4, -0.2) is 35.6 Å². The molecule has 0 aliphatic carbocycles. The molecule has 1 unspecified atom stereocenters. The van der Waals surface area contributed by atoms with Crippen LogP contribution in [0.25, 0.3) is 0 Å². The number of aromatic nitrogens is 2. The SMILES string of the molecule is COc1cc(C(=O)CCCC2CCCO2)ncn1. The molecule has 5 heteroatoms. The van der Waals surface area contributed by atoms with E-state index in [4.69, 9.17) is 9.47 Å². The number of methoxy groups -OCH3 is 1. The highest BCUT2D eigenvalue weighted by Crippen LogP contribution is 2.18. The Bertz CT molecular complexity index is 403. The van der Waals surface area contributed by atoms with Gasteiger partial charge in [-0.15, -0.1) is 0 Å². The van der Waals surface area contributed by atoms with Gasteiger partial charge >= 0.3 is 0 Å². The highest BCUT2D eigenvalue weighted by molar-refractivity contribution is 5.94. The predicted molar refractivity (Wildman–Crippen MR) is 65.7 cm³/mol. The number of Topliss-reactive ketones (excluding diaryl/α,β-unsaturated/α-hetero) is 1. The van der Waals surface area contributed by atoms with Crippen molar-refractivity contribution in [3.05, 3.63) is 18.1 Å². The molecular weight excluding hydrogens is 232 g/mol. The van der Waals surface area contributed by atoms with Crippen LogP contribution in [-0.2, 0) is 4.74 Å². The van der Waals surface area contributed by atoms with Crippen LogP contribution in [0.4, 0.5) is 0 Å². The maximum Gasteiger partial charge on any atom is 0.216 e. The van der Waals surface area contributed by atoms with Gasteiger partial charge in [-0.2, -0.15) is 0 Å². The molecule has 1 aliphatic rings. The zero-order valence-electron chi connectivity index (χ0n) is 10.6. The van der Waals surface area contributed by atoms with Gasteiger partial charge in [0, 0.05) is 19.1 Å². The van der Waals surface area contributed by atoms with Crippen molar-refractivity contribution in [1.29, 1.82) is 0 Å². The summed E-state index contributed by atoms with van der Waals surface area (Å²) in [6.45, 7) is 0.863. The minimum atomic E-state index is 0.0358. The van der Waals surface area contributed by atoms with E-state index < -0.39 is 0 Å². The third-order valence-corrected chi connectivity index (χ3v) is 3.09. The van der Waals surface area contributed by atoms with Crippen molar-refractivity contribution in [3.63, 3.8) is 0 Å². The molecule has 1 aromatic heterocycles. The Hall–Kier alpha value is -1.49. The van der Waals surface area contributed by atoms with Crippen LogP contribution in [0.5, 0.6) is 5.88 Å². The molecule has 0 saturated carbocycles. The molecule has 0 spiro atoms. The first-order chi connectivity index (χ1) is 8.79. The minimum absolute atomic E-state index is 0.0358. The van der Waals surface area contributed by atoms with Crippen LogP contribution < -0.4 is 4.74 Å². The van der Waals surface area contributed by atoms with Gasteiger partial charge in [-0.3, -0.25) is 4.79 Å². The van der Waals surface area contributed by atoms with E-state index in [-0.39, 0.29) is 5.78 Å². The topological polar surface area (TPSA) is 61.3 Å². The maximum atomic E-state index is 11.9. The summed E-state index contributed by atoms with van der Waals surface area (Å²) in [5.41, 5.74) is 0.425. The maximum absolute atomic E-state index is 11.9. The summed E-state index contributed by atoms with van der Waals surface area (Å²) >= 11 is 0. The Morgan fingerprint density at radius 1 is 1.56 bits per heavy atom. The largest absolute Gasteiger partial charge is 0.481 e. The number of hydrogen-bond acceptors (Lipinski definition) is 5. The number of carbonyl (C=O) groups excluding carboxylic acids is 1. The van der Waals surface area contributed by atoms with Crippen molar-refractivity contribution in [1.82, 2.24) is 9.97 Å². The van der Waals surface area contributed by atoms with Crippen LogP contribution in [0.3, 0.4) is 0 Å². The molecule has 1 atom stereocenters. The van der Waals surface area contributed by atoms with E-state index in [1.807, 2.05) is 0 Å². The first-order valence-corrected chi connectivity index (χ1v) is 6.30. The number of hydrogen-bond donors (Lipinski definition) is 0. The lowest BCUT2D eigenvalue weighted by molar-refractivity contribution is 0.0919. The van der Waals surface area contributed by atoms with E-state index in [9.17, 15) is 4.79 Å². The predicted octanol–water partition coefficient (Wildman–Crippen LogP) is 2.02. The lowest BCUT2D eigenvalue weighted by atomic mass is 10.1. The molecule has 0 aromatic carbocycles. The van der Waals surface area contributed by atoms with E-state index in [1.165, 1.54) is 13.4 Å². The first-order valence-electron chi connectivity index (χ1n) is 6.30. The quantitative estimate of drug-likeness (QED) is 0.723. The number of ketones is 1. The van der Waals surface area contributed by atoms with Gasteiger partial charge in [0.15, 0.2) is 5.78 Å². The van der Waals surface area contributed by atoms with Gasteiger partial charge < -0.3 is 9.47 Å². The average Bonchev–Trinajstić information content (AvgIpc) is 2.92. The summed E-state index contributed by atoms with van der Waals surface area (Å²) in [6, 6.07) is 1.58. The van der Waals surface area contributed by atoms with Gasteiger partial charge in [0.2, 0.25) is 5.88 Å². The van der Waals surface area contributed by atoms with Crippen LogP contribution in [0, 0.1) is 0 Å². The minimum Gasteiger partial charge on any atom is -0.481 e. The van der Waals surface area contributed by atoms with E-state index in [2.05, 4.69) is 9.97 Å². The molecule has 5 nitrogen and oxygen atoms in total. The highest BCUT2D eigenvalue weighted by atomic mass is 16.5. The number of ether oxygens (including phenoxy) is 2. The lowest BCUT2D eigenvalue weighted by Crippen LogP contribution is -2.08. The molecule has 1 fully saturated rings. The highest BCUT2D eigenvalue weighted by Gasteiger charge is 2.16. The first kappa shape index (κ1) is 13.0. The summed E-state index contributed by atoms with van der Waals surface area (Å²) in [6.07, 6.45) is 6.26. The Balaban J connectivity index is 1.79. The van der Waals surface area contributed by atoms with Crippen molar-refractivity contribution >= 4 is 5.78 Å². The molecule has 1 aromatic rings. The van der Waals surface area contributed by atoms with Gasteiger partial charge in [-0.25, -0.2) is 9.97 Å². The Kier molecular flexibility index (Phi) is 4.64. The summed E-state index contributed by atoms with van der Waals surface area (Å²) < 4.78 is 10.5. The smallest absolute Gasteiger partial charge is 0.216 e. The van der Waals surface area contributed by atoms with Gasteiger partial charge in [0.25, 0.3) is 0 Å². The van der Waals surface area contributed by atoms with Crippen molar-refractivity contribution in [2.24, 2.45) is 0 Å². The van der Waals surface area contributed by atoms with Gasteiger partial charge in [-0.1, -0.05) is 0 Å². The van der Waals surface area contributed by atoms with Gasteiger partial charge in [-0.05, 0) is 25.7 Å². The van der Waals surface area contributed by atoms with Crippen molar-refractivity contribution < 1.29 is 14.3 Å². The fourth-order valence-corrected chi connectivity index (χ4v) is 2.09. The summed E-state index contributed by atoms with van der Waals surface area (Å²) in [5, 5.41) is 0. The summed E-state index contributed by atoms with van der Waals surface area (Å²) in [7, 11) is 1.52. The second-order valence-electron chi connectivity index (χ2n) is 4.40. The Labute approximate surface area is 107 Å². The third-order valence-electron chi connectivity index (χ3n) is 3.09. The van der Waals surface area contributed by atoms with Crippen LogP contribution in [0.1, 0.15) is 42.6 Å². The molecule has 1 saturated heterocycles. The van der Waals surface area contributed by atoms with Gasteiger partial charge in [0.05, 0.1) is 13.2 Å². The number of carbonyl (C=O) groups is 1. The average molecular weight is 250 g/mol. The molecule has 1 aliphatic heterocycles. The van der Waals surface area contributed by atoms with Gasteiger partial charge in [0.1, 0.15) is 12.0 Å². The molecular formula is C13H18N2O3. The van der Waals surface area contributed by atoms with Crippen molar-refractivity contribution in [2.45, 2.75) is 38.2 Å². The number of nitrogens with zero attached hydrogens (tertiary/aromatic N) is 2. The molecule has 2 rings (SSSR count). The zero-order valence-corrected chi connectivity index (χ0v) is 10.6. The van der Waals surface area contributed by atoms with Crippen LogP contribution in [0.15, 0.2) is 12.4 Å². The third kappa shape index (κ3) is 3.50. The Morgan fingerprint density at radius 3 is 3.17 bits per heavy atom. The fraction of sp³-hybridized carbons (Fsp3) is 0.615. The number of rotatable bonds is 6. The molecule has 2 heterocycles. The summed E-state index contributed by atoms with van der Waals surface area (Å²) in [4.78, 5) is 19.7. The van der Waals surface area contributed by atoms with Crippen molar-refractivity contribution in [2.75, 3.05) is 13.7 Å². The van der Waals surface area contributed by atoms with E-state index in [0.717, 1.165) is 32.3 Å². The molecule has 18 heavy (non-hydrogen) atoms. The van der Waals surface area contributed by atoms with Crippen LogP contribution >= 0.6 is 0 Å². The standard InChI is InChI=1S/C13H18N2O3/c1-17-13-8-11(14-9-15-13)12(16)6-2-4-10-5-3-7-18-10/h8-10H,2-7H2,1H3. The Morgan fingerprint density at radius 2 is 2.44 bits per heavy atom. The molecule has 0 bridgehead atoms.